The average molecular weight is 431 g/mol. The summed E-state index contributed by atoms with van der Waals surface area (Å²) >= 11 is 1.38. The van der Waals surface area contributed by atoms with Crippen LogP contribution in [-0.2, 0) is 0 Å². The van der Waals surface area contributed by atoms with Crippen LogP contribution in [0.3, 0.4) is 0 Å². The number of aromatic nitrogens is 1. The van der Waals surface area contributed by atoms with Gasteiger partial charge in [-0.25, -0.2) is 9.37 Å². The van der Waals surface area contributed by atoms with E-state index in [0.29, 0.717) is 21.8 Å². The van der Waals surface area contributed by atoms with Crippen molar-refractivity contribution in [2.24, 2.45) is 4.99 Å². The number of hydrogen-bond acceptors (Lipinski definition) is 6. The van der Waals surface area contributed by atoms with Gasteiger partial charge in [-0.2, -0.15) is 0 Å². The third-order valence-electron chi connectivity index (χ3n) is 3.93. The predicted octanol–water partition coefficient (Wildman–Crippen LogP) is 5.07. The molecule has 0 amide bonds. The molecule has 7 heteroatoms. The average Bonchev–Trinajstić information content (AvgIpc) is 3.08. The van der Waals surface area contributed by atoms with Crippen molar-refractivity contribution < 1.29 is 19.3 Å². The highest BCUT2D eigenvalue weighted by molar-refractivity contribution is 7.19. The molecule has 0 fully saturated rings. The highest BCUT2D eigenvalue weighted by Crippen LogP contribution is 2.35. The molecule has 0 aliphatic carbocycles. The van der Waals surface area contributed by atoms with E-state index in [1.807, 2.05) is 26.8 Å². The molecule has 1 atom stereocenters. The first-order chi connectivity index (χ1) is 14.2. The molecule has 0 saturated carbocycles. The minimum absolute atomic E-state index is 0.0735. The Morgan fingerprint density at radius 2 is 2.00 bits per heavy atom. The highest BCUT2D eigenvalue weighted by Gasteiger charge is 2.16. The molecule has 5 nitrogen and oxygen atoms in total. The monoisotopic (exact) mass is 430 g/mol. The van der Waals surface area contributed by atoms with Crippen molar-refractivity contribution in [1.29, 1.82) is 0 Å². The molecule has 0 aliphatic rings. The lowest BCUT2D eigenvalue weighted by Gasteiger charge is -2.12. The second-order valence-corrected chi connectivity index (χ2v) is 8.25. The summed E-state index contributed by atoms with van der Waals surface area (Å²) in [5.74, 6) is -0.464. The van der Waals surface area contributed by atoms with Gasteiger partial charge in [0.1, 0.15) is 11.1 Å². The number of aliphatic hydroxyl groups excluding tert-OH is 2. The molecule has 0 saturated heterocycles. The summed E-state index contributed by atoms with van der Waals surface area (Å²) in [6.07, 6.45) is 2.93. The van der Waals surface area contributed by atoms with Gasteiger partial charge in [-0.1, -0.05) is 24.8 Å². The van der Waals surface area contributed by atoms with E-state index in [2.05, 4.69) is 23.1 Å². The van der Waals surface area contributed by atoms with Crippen molar-refractivity contribution in [3.8, 4) is 5.75 Å². The molecule has 0 bridgehead atoms. The van der Waals surface area contributed by atoms with Gasteiger partial charge >= 0.3 is 0 Å². The van der Waals surface area contributed by atoms with E-state index in [-0.39, 0.29) is 19.0 Å². The normalized spacial score (nSPS) is 13.3. The van der Waals surface area contributed by atoms with Crippen LogP contribution in [0, 0.1) is 5.82 Å². The van der Waals surface area contributed by atoms with E-state index in [9.17, 15) is 9.50 Å². The van der Waals surface area contributed by atoms with Crippen molar-refractivity contribution in [2.45, 2.75) is 33.8 Å². The molecule has 2 N–H and O–H groups in total. The van der Waals surface area contributed by atoms with E-state index in [0.717, 1.165) is 21.4 Å². The molecule has 160 valence electrons. The second kappa shape index (κ2) is 10.4. The number of rotatable bonds is 9. The highest BCUT2D eigenvalue weighted by atomic mass is 32.1. The molecule has 1 heterocycles. The van der Waals surface area contributed by atoms with Gasteiger partial charge < -0.3 is 14.9 Å². The summed E-state index contributed by atoms with van der Waals surface area (Å²) in [6, 6.07) is 2.92. The topological polar surface area (TPSA) is 74.9 Å². The Hall–Kier alpha value is -2.61. The smallest absolute Gasteiger partial charge is 0.167 e. The fourth-order valence-electron chi connectivity index (χ4n) is 2.52. The first kappa shape index (κ1) is 23.7. The van der Waals surface area contributed by atoms with E-state index in [4.69, 9.17) is 9.84 Å². The van der Waals surface area contributed by atoms with Gasteiger partial charge in [0.25, 0.3) is 0 Å². The van der Waals surface area contributed by atoms with Crippen LogP contribution >= 0.6 is 11.3 Å². The van der Waals surface area contributed by atoms with Crippen LogP contribution in [-0.4, -0.2) is 40.7 Å². The van der Waals surface area contributed by atoms with E-state index in [1.54, 1.807) is 13.0 Å². The van der Waals surface area contributed by atoms with Crippen molar-refractivity contribution in [3.05, 3.63) is 64.6 Å². The Bertz CT molecular complexity index is 1050. The van der Waals surface area contributed by atoms with Crippen LogP contribution < -0.4 is 4.74 Å². The SMILES string of the molecule is C=C(C=N/C(C(=C)C)=C(/C=C(C)C)c1nc2cc(F)c(OC(C)CO)cc2s1)CO. The van der Waals surface area contributed by atoms with Gasteiger partial charge in [-0.3, -0.25) is 4.99 Å². The lowest BCUT2D eigenvalue weighted by atomic mass is 10.1. The molecule has 1 unspecified atom stereocenters. The Labute approximate surface area is 180 Å². The van der Waals surface area contributed by atoms with Crippen molar-refractivity contribution >= 4 is 33.3 Å². The molecule has 1 aromatic heterocycles. The Kier molecular flexibility index (Phi) is 8.23. The standard InChI is InChI=1S/C23H27FN2O3S/c1-13(2)7-17(22(14(3)4)25-10-15(5)11-27)23-26-19-8-18(24)20(9-21(19)30-23)29-16(6)12-28/h7-10,16,27-28H,3,5,11-12H2,1-2,4,6H3/b22-17-,25-10?. The minimum Gasteiger partial charge on any atom is -0.485 e. The Morgan fingerprint density at radius 1 is 1.30 bits per heavy atom. The molecule has 0 radical (unpaired) electrons. The lowest BCUT2D eigenvalue weighted by Crippen LogP contribution is -2.16. The summed E-state index contributed by atoms with van der Waals surface area (Å²) in [7, 11) is 0. The minimum atomic E-state index is -0.537. The maximum absolute atomic E-state index is 14.4. The number of ether oxygens (including phenoxy) is 1. The van der Waals surface area contributed by atoms with Gasteiger partial charge in [-0.05, 0) is 38.8 Å². The first-order valence-corrected chi connectivity index (χ1v) is 10.2. The van der Waals surface area contributed by atoms with Gasteiger partial charge in [-0.15, -0.1) is 11.3 Å². The van der Waals surface area contributed by atoms with Gasteiger partial charge in [0, 0.05) is 23.9 Å². The fraction of sp³-hybridized carbons (Fsp3) is 0.304. The molecule has 0 spiro atoms. The number of aliphatic imine (C=N–C) groups is 1. The summed E-state index contributed by atoms with van der Waals surface area (Å²) in [5, 5.41) is 19.0. The summed E-state index contributed by atoms with van der Waals surface area (Å²) < 4.78 is 20.6. The second-order valence-electron chi connectivity index (χ2n) is 7.22. The zero-order valence-electron chi connectivity index (χ0n) is 17.7. The van der Waals surface area contributed by atoms with Crippen molar-refractivity contribution in [3.63, 3.8) is 0 Å². The summed E-state index contributed by atoms with van der Waals surface area (Å²) in [6.45, 7) is 14.8. The number of aliphatic hydroxyl groups is 2. The third kappa shape index (κ3) is 5.95. The maximum atomic E-state index is 14.4. The Balaban J connectivity index is 2.66. The van der Waals surface area contributed by atoms with Crippen molar-refractivity contribution in [2.75, 3.05) is 13.2 Å². The quantitative estimate of drug-likeness (QED) is 0.430. The predicted molar refractivity (Wildman–Crippen MR) is 123 cm³/mol. The lowest BCUT2D eigenvalue weighted by molar-refractivity contribution is 0.125. The molecule has 2 rings (SSSR count). The summed E-state index contributed by atoms with van der Waals surface area (Å²) in [5.41, 5.74) is 4.08. The zero-order chi connectivity index (χ0) is 22.4. The first-order valence-electron chi connectivity index (χ1n) is 9.42. The van der Waals surface area contributed by atoms with Gasteiger partial charge in [0.05, 0.1) is 29.1 Å². The number of halogens is 1. The van der Waals surface area contributed by atoms with Crippen LogP contribution in [0.1, 0.15) is 32.7 Å². The molecule has 1 aromatic carbocycles. The molecule has 0 aliphatic heterocycles. The van der Waals surface area contributed by atoms with Crippen LogP contribution in [0.2, 0.25) is 0 Å². The van der Waals surface area contributed by atoms with Crippen LogP contribution in [0.4, 0.5) is 4.39 Å². The number of thiazole rings is 1. The summed E-state index contributed by atoms with van der Waals surface area (Å²) in [4.78, 5) is 9.07. The number of hydrogen-bond donors (Lipinski definition) is 2. The largest absolute Gasteiger partial charge is 0.485 e. The maximum Gasteiger partial charge on any atom is 0.167 e. The third-order valence-corrected chi connectivity index (χ3v) is 4.98. The van der Waals surface area contributed by atoms with E-state index in [1.165, 1.54) is 23.6 Å². The van der Waals surface area contributed by atoms with E-state index < -0.39 is 11.9 Å². The number of benzene rings is 1. The number of nitrogens with zero attached hydrogens (tertiary/aromatic N) is 2. The van der Waals surface area contributed by atoms with Crippen LogP contribution in [0.15, 0.2) is 58.8 Å². The van der Waals surface area contributed by atoms with Crippen molar-refractivity contribution in [1.82, 2.24) is 4.98 Å². The molecular weight excluding hydrogens is 403 g/mol. The van der Waals surface area contributed by atoms with Gasteiger partial charge in [0.15, 0.2) is 11.6 Å². The van der Waals surface area contributed by atoms with Crippen LogP contribution in [0.5, 0.6) is 5.75 Å². The van der Waals surface area contributed by atoms with Gasteiger partial charge in [0.2, 0.25) is 0 Å². The zero-order valence-corrected chi connectivity index (χ0v) is 18.5. The number of allylic oxidation sites excluding steroid dienone is 4. The van der Waals surface area contributed by atoms with Crippen LogP contribution in [0.25, 0.3) is 15.8 Å². The Morgan fingerprint density at radius 3 is 2.57 bits per heavy atom. The molecular formula is C23H27FN2O3S. The molecule has 2 aromatic rings. The number of fused-ring (bicyclic) bond motifs is 1. The fourth-order valence-corrected chi connectivity index (χ4v) is 3.51. The van der Waals surface area contributed by atoms with E-state index >= 15 is 0 Å². The molecule has 30 heavy (non-hydrogen) atoms.